The van der Waals surface area contributed by atoms with Gasteiger partial charge in [0.15, 0.2) is 0 Å². The number of unbranched alkanes of at least 4 members (excludes halogenated alkanes) is 1. The van der Waals surface area contributed by atoms with Crippen molar-refractivity contribution in [3.8, 4) is 0 Å². The van der Waals surface area contributed by atoms with Crippen LogP contribution in [0.1, 0.15) is 63.4 Å². The number of aliphatic hydroxyl groups is 1. The molecule has 2 N–H and O–H groups in total. The molecule has 0 saturated heterocycles. The molecule has 1 unspecified atom stereocenters. The minimum atomic E-state index is -0.703. The van der Waals surface area contributed by atoms with Gasteiger partial charge in [0, 0.05) is 6.42 Å². The maximum Gasteiger partial charge on any atom is 0.303 e. The lowest BCUT2D eigenvalue weighted by molar-refractivity contribution is -0.137. The number of carboxylic acid groups (broad SMARTS) is 1. The zero-order valence-electron chi connectivity index (χ0n) is 16.3. The molecule has 0 radical (unpaired) electrons. The molecule has 2 fully saturated rings. The van der Waals surface area contributed by atoms with Crippen molar-refractivity contribution < 1.29 is 15.0 Å². The molecule has 2 bridgehead atoms. The molecular formula is C24H34O3. The molecule has 2 aliphatic rings. The first-order chi connectivity index (χ1) is 13.1. The summed E-state index contributed by atoms with van der Waals surface area (Å²) in [5.74, 6) is 2.56. The Balaban J connectivity index is 1.43. The molecule has 5 atom stereocenters. The Morgan fingerprint density at radius 3 is 2.59 bits per heavy atom. The Kier molecular flexibility index (Phi) is 7.51. The van der Waals surface area contributed by atoms with E-state index in [0.29, 0.717) is 0 Å². The summed E-state index contributed by atoms with van der Waals surface area (Å²) in [5.41, 5.74) is 1.22. The summed E-state index contributed by atoms with van der Waals surface area (Å²) in [6, 6.07) is 10.3. The molecule has 0 heterocycles. The molecule has 148 valence electrons. The highest BCUT2D eigenvalue weighted by Crippen LogP contribution is 2.55. The van der Waals surface area contributed by atoms with Crippen molar-refractivity contribution in [1.82, 2.24) is 0 Å². The monoisotopic (exact) mass is 370 g/mol. The summed E-state index contributed by atoms with van der Waals surface area (Å²) >= 11 is 0. The second-order valence-corrected chi connectivity index (χ2v) is 8.57. The average molecular weight is 371 g/mol. The zero-order valence-corrected chi connectivity index (χ0v) is 16.3. The number of allylic oxidation sites excluding steroid dienone is 2. The number of benzene rings is 1. The number of aliphatic hydroxyl groups excluding tert-OH is 1. The molecule has 0 aromatic heterocycles. The first-order valence-corrected chi connectivity index (χ1v) is 10.7. The highest BCUT2D eigenvalue weighted by molar-refractivity contribution is 5.66. The van der Waals surface area contributed by atoms with Crippen molar-refractivity contribution in [3.63, 3.8) is 0 Å². The van der Waals surface area contributed by atoms with Crippen molar-refractivity contribution in [3.05, 3.63) is 48.0 Å². The largest absolute Gasteiger partial charge is 0.481 e. The standard InChI is InChI=1S/C24H34O3/c25-21(16-18-8-4-3-5-9-18)14-15-23-20-13-12-19(17-20)22(23)10-6-1-2-7-11-24(26)27/h1,3-6,8-9,19-23,25H,2,7,10-17H2,(H,26,27)/t19-,20+,21?,22-,23+/m1/s1. The predicted molar refractivity (Wildman–Crippen MR) is 108 cm³/mol. The molecule has 3 rings (SSSR count). The topological polar surface area (TPSA) is 57.5 Å². The molecule has 1 aromatic carbocycles. The summed E-state index contributed by atoms with van der Waals surface area (Å²) < 4.78 is 0. The molecule has 3 nitrogen and oxygen atoms in total. The van der Waals surface area contributed by atoms with Crippen LogP contribution in [0.5, 0.6) is 0 Å². The third-order valence-electron chi connectivity index (χ3n) is 6.76. The highest BCUT2D eigenvalue weighted by atomic mass is 16.4. The summed E-state index contributed by atoms with van der Waals surface area (Å²) in [7, 11) is 0. The van der Waals surface area contributed by atoms with E-state index in [4.69, 9.17) is 5.11 Å². The summed E-state index contributed by atoms with van der Waals surface area (Å²) in [5, 5.41) is 19.2. The Hall–Kier alpha value is -1.61. The number of aliphatic carboxylic acids is 1. The van der Waals surface area contributed by atoms with E-state index in [0.717, 1.165) is 62.2 Å². The lowest BCUT2D eigenvalue weighted by atomic mass is 9.75. The van der Waals surface area contributed by atoms with Gasteiger partial charge in [-0.2, -0.15) is 0 Å². The van der Waals surface area contributed by atoms with E-state index in [1.165, 1.54) is 24.8 Å². The van der Waals surface area contributed by atoms with Crippen LogP contribution in [0.15, 0.2) is 42.5 Å². The molecule has 27 heavy (non-hydrogen) atoms. The van der Waals surface area contributed by atoms with Crippen LogP contribution < -0.4 is 0 Å². The number of rotatable bonds is 11. The van der Waals surface area contributed by atoms with Gasteiger partial charge in [-0.25, -0.2) is 0 Å². The molecule has 0 aliphatic heterocycles. The maximum absolute atomic E-state index is 10.6. The number of hydrogen-bond acceptors (Lipinski definition) is 2. The first-order valence-electron chi connectivity index (χ1n) is 10.7. The number of carboxylic acids is 1. The lowest BCUT2D eigenvalue weighted by Gasteiger charge is -2.31. The second kappa shape index (κ2) is 10.1. The molecule has 0 spiro atoms. The van der Waals surface area contributed by atoms with E-state index in [1.807, 2.05) is 18.2 Å². The van der Waals surface area contributed by atoms with Gasteiger partial charge in [-0.3, -0.25) is 4.79 Å². The minimum Gasteiger partial charge on any atom is -0.481 e. The predicted octanol–water partition coefficient (Wildman–Crippen LogP) is 5.23. The van der Waals surface area contributed by atoms with E-state index in [2.05, 4.69) is 24.3 Å². The van der Waals surface area contributed by atoms with Gasteiger partial charge >= 0.3 is 5.97 Å². The zero-order chi connectivity index (χ0) is 19.1. The van der Waals surface area contributed by atoms with Gasteiger partial charge < -0.3 is 10.2 Å². The lowest BCUT2D eigenvalue weighted by Crippen LogP contribution is -2.24. The fourth-order valence-corrected chi connectivity index (χ4v) is 5.46. The van der Waals surface area contributed by atoms with Gasteiger partial charge in [-0.05, 0) is 87.0 Å². The van der Waals surface area contributed by atoms with Crippen LogP contribution in [0.25, 0.3) is 0 Å². The van der Waals surface area contributed by atoms with Crippen LogP contribution in [0.2, 0.25) is 0 Å². The Morgan fingerprint density at radius 1 is 1.11 bits per heavy atom. The number of hydrogen-bond donors (Lipinski definition) is 2. The van der Waals surface area contributed by atoms with Crippen molar-refractivity contribution in [1.29, 1.82) is 0 Å². The average Bonchev–Trinajstić information content (AvgIpc) is 3.25. The Labute approximate surface area is 163 Å². The quantitative estimate of drug-likeness (QED) is 0.414. The van der Waals surface area contributed by atoms with Crippen LogP contribution >= 0.6 is 0 Å². The summed E-state index contributed by atoms with van der Waals surface area (Å²) in [4.78, 5) is 10.6. The van der Waals surface area contributed by atoms with E-state index in [9.17, 15) is 9.90 Å². The van der Waals surface area contributed by atoms with Gasteiger partial charge in [-0.1, -0.05) is 42.5 Å². The van der Waals surface area contributed by atoms with Crippen LogP contribution in [0.4, 0.5) is 0 Å². The fourth-order valence-electron chi connectivity index (χ4n) is 5.46. The smallest absolute Gasteiger partial charge is 0.303 e. The summed E-state index contributed by atoms with van der Waals surface area (Å²) in [6.07, 6.45) is 14.2. The van der Waals surface area contributed by atoms with Crippen molar-refractivity contribution in [2.75, 3.05) is 0 Å². The van der Waals surface area contributed by atoms with Crippen molar-refractivity contribution >= 4 is 5.97 Å². The fraction of sp³-hybridized carbons (Fsp3) is 0.625. The van der Waals surface area contributed by atoms with E-state index < -0.39 is 5.97 Å². The maximum atomic E-state index is 10.6. The third-order valence-corrected chi connectivity index (χ3v) is 6.76. The van der Waals surface area contributed by atoms with Crippen LogP contribution in [0, 0.1) is 23.7 Å². The first kappa shape index (κ1) is 20.1. The van der Waals surface area contributed by atoms with Crippen molar-refractivity contribution in [2.24, 2.45) is 23.7 Å². The van der Waals surface area contributed by atoms with Gasteiger partial charge in [0.1, 0.15) is 0 Å². The molecular weight excluding hydrogens is 336 g/mol. The van der Waals surface area contributed by atoms with Crippen LogP contribution in [-0.2, 0) is 11.2 Å². The molecule has 2 saturated carbocycles. The second-order valence-electron chi connectivity index (χ2n) is 8.57. The van der Waals surface area contributed by atoms with Gasteiger partial charge in [0.25, 0.3) is 0 Å². The number of carbonyl (C=O) groups is 1. The molecule has 0 amide bonds. The van der Waals surface area contributed by atoms with E-state index in [-0.39, 0.29) is 12.5 Å². The van der Waals surface area contributed by atoms with Crippen molar-refractivity contribution in [2.45, 2.75) is 70.3 Å². The SMILES string of the molecule is O=C(O)CCCC=CC[C@@H]1[C@@H]2CC[C@@H](C2)[C@@H]1CCC(O)Cc1ccccc1. The van der Waals surface area contributed by atoms with E-state index in [1.54, 1.807) is 0 Å². The molecule has 3 heteroatoms. The van der Waals surface area contributed by atoms with Crippen LogP contribution in [-0.4, -0.2) is 22.3 Å². The molecule has 2 aliphatic carbocycles. The summed E-state index contributed by atoms with van der Waals surface area (Å²) in [6.45, 7) is 0. The van der Waals surface area contributed by atoms with E-state index >= 15 is 0 Å². The Bertz CT molecular complexity index is 609. The normalized spacial score (nSPS) is 28.0. The third kappa shape index (κ3) is 5.93. The Morgan fingerprint density at radius 2 is 1.85 bits per heavy atom. The van der Waals surface area contributed by atoms with Gasteiger partial charge in [0.2, 0.25) is 0 Å². The molecule has 1 aromatic rings. The minimum absolute atomic E-state index is 0.237. The highest BCUT2D eigenvalue weighted by Gasteiger charge is 2.46. The number of fused-ring (bicyclic) bond motifs is 2. The van der Waals surface area contributed by atoms with Crippen LogP contribution in [0.3, 0.4) is 0 Å². The van der Waals surface area contributed by atoms with Gasteiger partial charge in [0.05, 0.1) is 6.10 Å². The van der Waals surface area contributed by atoms with Gasteiger partial charge in [-0.15, -0.1) is 0 Å².